The Morgan fingerprint density at radius 1 is 1.09 bits per heavy atom. The highest BCUT2D eigenvalue weighted by atomic mass is 32.2. The lowest BCUT2D eigenvalue weighted by Gasteiger charge is -2.31. The van der Waals surface area contributed by atoms with Crippen LogP contribution in [-0.4, -0.2) is 68.7 Å². The minimum atomic E-state index is -3.12. The molecule has 3 rings (SSSR count). The number of hydrogen-bond donors (Lipinski definition) is 0. The third-order valence-corrected chi connectivity index (χ3v) is 6.30. The molecule has 2 heterocycles. The molecule has 3 aliphatic rings. The van der Waals surface area contributed by atoms with Crippen LogP contribution in [0, 0.1) is 11.8 Å². The summed E-state index contributed by atoms with van der Waals surface area (Å²) in [7, 11) is -3.12. The number of nitrogens with zero attached hydrogens (tertiary/aromatic N) is 2. The Bertz CT molecular complexity index is 510. The smallest absolute Gasteiger partial charge is 0.225 e. The Labute approximate surface area is 132 Å². The Morgan fingerprint density at radius 3 is 2.36 bits per heavy atom. The molecule has 0 aromatic heterocycles. The number of carbonyl (C=O) groups is 1. The van der Waals surface area contributed by atoms with Crippen molar-refractivity contribution in [2.75, 3.05) is 39.0 Å². The van der Waals surface area contributed by atoms with Crippen molar-refractivity contribution < 1.29 is 17.9 Å². The lowest BCUT2D eigenvalue weighted by molar-refractivity contribution is -0.136. The van der Waals surface area contributed by atoms with Gasteiger partial charge in [-0.05, 0) is 38.0 Å². The van der Waals surface area contributed by atoms with E-state index in [1.807, 2.05) is 4.90 Å². The molecular weight excluding hydrogens is 304 g/mol. The first-order valence-corrected chi connectivity index (χ1v) is 10.1. The number of carbonyl (C=O) groups excluding carboxylic acids is 1. The maximum Gasteiger partial charge on any atom is 0.225 e. The minimum Gasteiger partial charge on any atom is -0.376 e. The van der Waals surface area contributed by atoms with Gasteiger partial charge in [0.15, 0.2) is 0 Å². The van der Waals surface area contributed by atoms with Crippen molar-refractivity contribution in [3.05, 3.63) is 0 Å². The molecule has 7 heteroatoms. The normalized spacial score (nSPS) is 28.2. The van der Waals surface area contributed by atoms with Gasteiger partial charge in [-0.1, -0.05) is 0 Å². The molecular formula is C15H26N2O4S. The number of likely N-dealkylation sites (tertiary alicyclic amines) is 1. The lowest BCUT2D eigenvalue weighted by Crippen LogP contribution is -2.43. The van der Waals surface area contributed by atoms with Gasteiger partial charge in [-0.15, -0.1) is 0 Å². The fourth-order valence-electron chi connectivity index (χ4n) is 3.31. The van der Waals surface area contributed by atoms with Crippen LogP contribution in [0.4, 0.5) is 0 Å². The van der Waals surface area contributed by atoms with Crippen molar-refractivity contribution in [3.63, 3.8) is 0 Å². The molecule has 0 N–H and O–H groups in total. The first-order chi connectivity index (χ1) is 10.4. The van der Waals surface area contributed by atoms with Crippen molar-refractivity contribution in [1.82, 2.24) is 9.21 Å². The fourth-order valence-corrected chi connectivity index (χ4v) is 4.19. The third kappa shape index (κ3) is 4.00. The van der Waals surface area contributed by atoms with E-state index in [1.54, 1.807) is 0 Å². The zero-order chi connectivity index (χ0) is 15.7. The number of amides is 1. The molecule has 126 valence electrons. The number of hydrogen-bond acceptors (Lipinski definition) is 4. The van der Waals surface area contributed by atoms with Crippen molar-refractivity contribution in [3.8, 4) is 0 Å². The third-order valence-electron chi connectivity index (χ3n) is 4.99. The average Bonchev–Trinajstić information content (AvgIpc) is 3.20. The molecule has 0 spiro atoms. The van der Waals surface area contributed by atoms with Gasteiger partial charge in [0.05, 0.1) is 12.4 Å². The Kier molecular flexibility index (Phi) is 4.75. The predicted molar refractivity (Wildman–Crippen MR) is 82.8 cm³/mol. The highest BCUT2D eigenvalue weighted by Crippen LogP contribution is 2.30. The summed E-state index contributed by atoms with van der Waals surface area (Å²) >= 11 is 0. The summed E-state index contributed by atoms with van der Waals surface area (Å²) in [6, 6.07) is 0. The van der Waals surface area contributed by atoms with E-state index in [-0.39, 0.29) is 17.9 Å². The highest BCUT2D eigenvalue weighted by Gasteiger charge is 2.35. The van der Waals surface area contributed by atoms with E-state index in [1.165, 1.54) is 23.4 Å². The molecule has 2 aliphatic heterocycles. The summed E-state index contributed by atoms with van der Waals surface area (Å²) in [4.78, 5) is 14.5. The van der Waals surface area contributed by atoms with Gasteiger partial charge in [-0.25, -0.2) is 12.7 Å². The quantitative estimate of drug-likeness (QED) is 0.744. The van der Waals surface area contributed by atoms with Gasteiger partial charge in [0.1, 0.15) is 0 Å². The summed E-state index contributed by atoms with van der Waals surface area (Å²) in [5.74, 6) is 0.913. The molecule has 0 aromatic rings. The maximum atomic E-state index is 12.6. The monoisotopic (exact) mass is 330 g/mol. The van der Waals surface area contributed by atoms with Crippen LogP contribution in [0.15, 0.2) is 0 Å². The van der Waals surface area contributed by atoms with Gasteiger partial charge in [0.25, 0.3) is 0 Å². The van der Waals surface area contributed by atoms with Gasteiger partial charge >= 0.3 is 0 Å². The Hall–Kier alpha value is -0.660. The largest absolute Gasteiger partial charge is 0.376 e. The van der Waals surface area contributed by atoms with E-state index in [4.69, 9.17) is 4.74 Å². The molecule has 0 radical (unpaired) electrons. The summed E-state index contributed by atoms with van der Waals surface area (Å²) < 4.78 is 30.4. The van der Waals surface area contributed by atoms with Crippen LogP contribution in [0.25, 0.3) is 0 Å². The topological polar surface area (TPSA) is 66.9 Å². The van der Waals surface area contributed by atoms with Gasteiger partial charge in [0, 0.05) is 38.7 Å². The van der Waals surface area contributed by atoms with Gasteiger partial charge in [-0.3, -0.25) is 4.79 Å². The molecule has 6 nitrogen and oxygen atoms in total. The van der Waals surface area contributed by atoms with E-state index >= 15 is 0 Å². The van der Waals surface area contributed by atoms with E-state index < -0.39 is 10.0 Å². The molecule has 3 fully saturated rings. The van der Waals surface area contributed by atoms with Crippen LogP contribution >= 0.6 is 0 Å². The number of rotatable bonds is 5. The molecule has 1 unspecified atom stereocenters. The second kappa shape index (κ2) is 6.45. The highest BCUT2D eigenvalue weighted by molar-refractivity contribution is 7.88. The first-order valence-electron chi connectivity index (χ1n) is 8.29. The van der Waals surface area contributed by atoms with E-state index in [0.717, 1.165) is 25.5 Å². The molecule has 1 aliphatic carbocycles. The Balaban J connectivity index is 1.44. The molecule has 1 atom stereocenters. The zero-order valence-corrected chi connectivity index (χ0v) is 14.1. The SMILES string of the molecule is CS(=O)(=O)N1CCC(C(=O)N2CCC(OCC3CC3)C2)CC1. The molecule has 22 heavy (non-hydrogen) atoms. The van der Waals surface area contributed by atoms with Crippen LogP contribution in [0.3, 0.4) is 0 Å². The van der Waals surface area contributed by atoms with Crippen LogP contribution in [-0.2, 0) is 19.6 Å². The maximum absolute atomic E-state index is 12.6. The van der Waals surface area contributed by atoms with Crippen molar-refractivity contribution in [2.24, 2.45) is 11.8 Å². The minimum absolute atomic E-state index is 0.0276. The number of ether oxygens (including phenoxy) is 1. The van der Waals surface area contributed by atoms with Crippen LogP contribution < -0.4 is 0 Å². The molecule has 1 saturated carbocycles. The molecule has 0 aromatic carbocycles. The fraction of sp³-hybridized carbons (Fsp3) is 0.933. The lowest BCUT2D eigenvalue weighted by atomic mass is 9.97. The van der Waals surface area contributed by atoms with E-state index in [2.05, 4.69) is 0 Å². The van der Waals surface area contributed by atoms with Gasteiger partial charge in [0.2, 0.25) is 15.9 Å². The zero-order valence-electron chi connectivity index (χ0n) is 13.2. The van der Waals surface area contributed by atoms with Crippen molar-refractivity contribution >= 4 is 15.9 Å². The number of sulfonamides is 1. The second-order valence-corrected chi connectivity index (χ2v) is 8.89. The summed E-state index contributed by atoms with van der Waals surface area (Å²) in [5, 5.41) is 0. The Morgan fingerprint density at radius 2 is 1.77 bits per heavy atom. The second-order valence-electron chi connectivity index (χ2n) is 6.91. The van der Waals surface area contributed by atoms with E-state index in [9.17, 15) is 13.2 Å². The van der Waals surface area contributed by atoms with Crippen LogP contribution in [0.5, 0.6) is 0 Å². The summed E-state index contributed by atoms with van der Waals surface area (Å²) in [6.45, 7) is 3.26. The van der Waals surface area contributed by atoms with Crippen molar-refractivity contribution in [1.29, 1.82) is 0 Å². The summed E-state index contributed by atoms with van der Waals surface area (Å²) in [6.07, 6.45) is 6.20. The average molecular weight is 330 g/mol. The molecule has 0 bridgehead atoms. The first kappa shape index (κ1) is 16.2. The molecule has 1 amide bonds. The molecule has 2 saturated heterocycles. The van der Waals surface area contributed by atoms with E-state index in [0.29, 0.717) is 32.5 Å². The van der Waals surface area contributed by atoms with Crippen molar-refractivity contribution in [2.45, 2.75) is 38.2 Å². The van der Waals surface area contributed by atoms with Gasteiger partial charge < -0.3 is 9.64 Å². The van der Waals surface area contributed by atoms with Crippen LogP contribution in [0.1, 0.15) is 32.1 Å². The number of piperidine rings is 1. The van der Waals surface area contributed by atoms with Crippen LogP contribution in [0.2, 0.25) is 0 Å². The van der Waals surface area contributed by atoms with Gasteiger partial charge in [-0.2, -0.15) is 0 Å². The summed E-state index contributed by atoms with van der Waals surface area (Å²) in [5.41, 5.74) is 0. The predicted octanol–water partition coefficient (Wildman–Crippen LogP) is 0.686. The standard InChI is InChI=1S/C15H26N2O4S/c1-22(19,20)17-8-4-13(5-9-17)15(18)16-7-6-14(10-16)21-11-12-2-3-12/h12-14H,2-11H2,1H3.